The number of amides is 1. The number of hydrogen-bond acceptors (Lipinski definition) is 2. The monoisotopic (exact) mass is 451 g/mol. The van der Waals surface area contributed by atoms with Crippen LogP contribution < -0.4 is 4.90 Å². The van der Waals surface area contributed by atoms with Crippen LogP contribution in [0.5, 0.6) is 0 Å². The van der Waals surface area contributed by atoms with E-state index >= 15 is 0 Å². The second kappa shape index (κ2) is 7.56. The third kappa shape index (κ3) is 3.03. The van der Waals surface area contributed by atoms with Crippen molar-refractivity contribution in [2.24, 2.45) is 0 Å². The molecule has 3 heterocycles. The van der Waals surface area contributed by atoms with Gasteiger partial charge in [0.25, 0.3) is 5.91 Å². The topological polar surface area (TPSA) is 39.3 Å². The van der Waals surface area contributed by atoms with Crippen molar-refractivity contribution in [3.05, 3.63) is 101 Å². The van der Waals surface area contributed by atoms with Gasteiger partial charge in [0.2, 0.25) is 0 Å². The predicted molar refractivity (Wildman–Crippen MR) is 137 cm³/mol. The van der Waals surface area contributed by atoms with Crippen molar-refractivity contribution in [2.75, 3.05) is 4.90 Å². The first-order chi connectivity index (χ1) is 16.1. The Balaban J connectivity index is 1.51. The SMILES string of the molecule is CCc1ccc(N2C(=O)[C@@H]3Cc4c([nH]c5ccccc45)[C@@H](c4ccc(C)cc4)N3C2=S)cc1. The van der Waals surface area contributed by atoms with Gasteiger partial charge >= 0.3 is 0 Å². The first kappa shape index (κ1) is 20.2. The standard InChI is InChI=1S/C28H25N3OS/c1-3-18-10-14-20(15-11-18)30-27(32)24-16-22-21-6-4-5-7-23(21)29-25(22)26(31(24)28(30)33)19-12-8-17(2)9-13-19/h4-15,24,26,29H,3,16H2,1-2H3/t24-,26+/m0/s1. The number of hydrogen-bond donors (Lipinski definition) is 1. The first-order valence-electron chi connectivity index (χ1n) is 11.5. The summed E-state index contributed by atoms with van der Waals surface area (Å²) in [6.07, 6.45) is 1.61. The van der Waals surface area contributed by atoms with Gasteiger partial charge in [-0.25, -0.2) is 0 Å². The Morgan fingerprint density at radius 2 is 1.73 bits per heavy atom. The van der Waals surface area contributed by atoms with Gasteiger partial charge in [0.05, 0.1) is 11.7 Å². The van der Waals surface area contributed by atoms with Gasteiger partial charge in [-0.1, -0.05) is 67.1 Å². The van der Waals surface area contributed by atoms with Gasteiger partial charge in [-0.3, -0.25) is 9.69 Å². The summed E-state index contributed by atoms with van der Waals surface area (Å²) >= 11 is 5.99. The van der Waals surface area contributed by atoms with Gasteiger partial charge in [-0.2, -0.15) is 0 Å². The average Bonchev–Trinajstić information content (AvgIpc) is 3.33. The summed E-state index contributed by atoms with van der Waals surface area (Å²) < 4.78 is 0. The molecule has 0 radical (unpaired) electrons. The highest BCUT2D eigenvalue weighted by molar-refractivity contribution is 7.80. The van der Waals surface area contributed by atoms with Crippen LogP contribution in [-0.2, 0) is 17.6 Å². The summed E-state index contributed by atoms with van der Waals surface area (Å²) in [6.45, 7) is 4.22. The molecule has 164 valence electrons. The van der Waals surface area contributed by atoms with Gasteiger partial charge in [0, 0.05) is 23.0 Å². The first-order valence-corrected chi connectivity index (χ1v) is 11.9. The highest BCUT2D eigenvalue weighted by Crippen LogP contribution is 2.44. The summed E-state index contributed by atoms with van der Waals surface area (Å²) in [5, 5.41) is 1.76. The van der Waals surface area contributed by atoms with Crippen LogP contribution in [0.1, 0.15) is 40.9 Å². The molecule has 6 rings (SSSR count). The number of anilines is 1. The fourth-order valence-corrected chi connectivity index (χ4v) is 5.72. The molecular formula is C28H25N3OS. The summed E-state index contributed by atoms with van der Waals surface area (Å²) in [4.78, 5) is 21.3. The van der Waals surface area contributed by atoms with Crippen LogP contribution in [-0.4, -0.2) is 26.9 Å². The van der Waals surface area contributed by atoms with E-state index in [1.807, 2.05) is 18.2 Å². The van der Waals surface area contributed by atoms with E-state index in [0.717, 1.165) is 28.9 Å². The lowest BCUT2D eigenvalue weighted by atomic mass is 9.88. The van der Waals surface area contributed by atoms with Crippen molar-refractivity contribution in [1.82, 2.24) is 9.88 Å². The van der Waals surface area contributed by atoms with Crippen LogP contribution >= 0.6 is 12.2 Å². The Hall–Kier alpha value is -3.44. The lowest BCUT2D eigenvalue weighted by Gasteiger charge is -2.37. The normalized spacial score (nSPS) is 19.8. The second-order valence-corrected chi connectivity index (χ2v) is 9.34. The number of para-hydroxylation sites is 1. The summed E-state index contributed by atoms with van der Waals surface area (Å²) in [5.74, 6) is 0.0530. The van der Waals surface area contributed by atoms with E-state index < -0.39 is 0 Å². The van der Waals surface area contributed by atoms with E-state index in [0.29, 0.717) is 11.5 Å². The van der Waals surface area contributed by atoms with Crippen molar-refractivity contribution in [2.45, 2.75) is 38.8 Å². The molecule has 2 atom stereocenters. The number of carbonyl (C=O) groups excluding carboxylic acids is 1. The molecule has 0 spiro atoms. The van der Waals surface area contributed by atoms with Crippen molar-refractivity contribution in [3.63, 3.8) is 0 Å². The number of aromatic amines is 1. The summed E-state index contributed by atoms with van der Waals surface area (Å²) in [6, 6.07) is 24.7. The van der Waals surface area contributed by atoms with Crippen molar-refractivity contribution >= 4 is 39.8 Å². The van der Waals surface area contributed by atoms with Crippen molar-refractivity contribution < 1.29 is 4.79 Å². The number of rotatable bonds is 3. The van der Waals surface area contributed by atoms with Gasteiger partial charge in [0.15, 0.2) is 5.11 Å². The summed E-state index contributed by atoms with van der Waals surface area (Å²) in [7, 11) is 0. The van der Waals surface area contributed by atoms with Crippen LogP contribution in [0, 0.1) is 6.92 Å². The molecule has 4 aromatic rings. The van der Waals surface area contributed by atoms with Gasteiger partial charge in [-0.15, -0.1) is 0 Å². The van der Waals surface area contributed by atoms with Crippen LogP contribution in [0.15, 0.2) is 72.8 Å². The number of fused-ring (bicyclic) bond motifs is 4. The number of nitrogens with one attached hydrogen (secondary N) is 1. The lowest BCUT2D eigenvalue weighted by molar-refractivity contribution is -0.120. The largest absolute Gasteiger partial charge is 0.356 e. The molecule has 0 bridgehead atoms. The number of carbonyl (C=O) groups is 1. The predicted octanol–water partition coefficient (Wildman–Crippen LogP) is 5.69. The maximum atomic E-state index is 13.8. The smallest absolute Gasteiger partial charge is 0.256 e. The molecule has 0 saturated carbocycles. The molecule has 1 amide bonds. The summed E-state index contributed by atoms with van der Waals surface area (Å²) in [5.41, 5.74) is 7.88. The molecule has 2 aliphatic heterocycles. The Bertz CT molecular complexity index is 1390. The Morgan fingerprint density at radius 1 is 1.00 bits per heavy atom. The van der Waals surface area contributed by atoms with Crippen LogP contribution in [0.25, 0.3) is 10.9 Å². The maximum absolute atomic E-state index is 13.8. The minimum atomic E-state index is -0.318. The van der Waals surface area contributed by atoms with Crippen LogP contribution in [0.2, 0.25) is 0 Å². The van der Waals surface area contributed by atoms with Gasteiger partial charge in [0.1, 0.15) is 6.04 Å². The van der Waals surface area contributed by atoms with Crippen LogP contribution in [0.3, 0.4) is 0 Å². The quantitative estimate of drug-likeness (QED) is 0.407. The molecule has 1 fully saturated rings. The molecule has 2 aliphatic rings. The highest BCUT2D eigenvalue weighted by atomic mass is 32.1. The Morgan fingerprint density at radius 3 is 2.45 bits per heavy atom. The molecule has 4 nitrogen and oxygen atoms in total. The number of thiocarbonyl (C=S) groups is 1. The van der Waals surface area contributed by atoms with E-state index in [4.69, 9.17) is 12.2 Å². The molecule has 0 aliphatic carbocycles. The number of H-pyrrole nitrogens is 1. The number of aromatic nitrogens is 1. The zero-order chi connectivity index (χ0) is 22.7. The van der Waals surface area contributed by atoms with E-state index in [2.05, 4.69) is 78.3 Å². The lowest BCUT2D eigenvalue weighted by Crippen LogP contribution is -2.44. The third-order valence-corrected chi connectivity index (χ3v) is 7.44. The fraction of sp³-hybridized carbons (Fsp3) is 0.214. The number of benzene rings is 3. The van der Waals surface area contributed by atoms with Crippen molar-refractivity contribution in [3.8, 4) is 0 Å². The van der Waals surface area contributed by atoms with E-state index in [-0.39, 0.29) is 18.0 Å². The minimum Gasteiger partial charge on any atom is -0.356 e. The van der Waals surface area contributed by atoms with Gasteiger partial charge < -0.3 is 9.88 Å². The molecule has 5 heteroatoms. The molecule has 1 saturated heterocycles. The van der Waals surface area contributed by atoms with E-state index in [9.17, 15) is 4.79 Å². The molecule has 0 unspecified atom stereocenters. The van der Waals surface area contributed by atoms with Crippen LogP contribution in [0.4, 0.5) is 5.69 Å². The number of aryl methyl sites for hydroxylation is 2. The van der Waals surface area contributed by atoms with E-state index in [1.54, 1.807) is 4.90 Å². The fourth-order valence-electron chi connectivity index (χ4n) is 5.29. The molecule has 1 N–H and O–H groups in total. The average molecular weight is 452 g/mol. The maximum Gasteiger partial charge on any atom is 0.256 e. The molecule has 33 heavy (non-hydrogen) atoms. The molecular weight excluding hydrogens is 426 g/mol. The molecule has 1 aromatic heterocycles. The van der Waals surface area contributed by atoms with Crippen molar-refractivity contribution in [1.29, 1.82) is 0 Å². The van der Waals surface area contributed by atoms with E-state index in [1.165, 1.54) is 22.1 Å². The number of nitrogens with zero attached hydrogens (tertiary/aromatic N) is 2. The zero-order valence-corrected chi connectivity index (χ0v) is 19.5. The third-order valence-electron chi connectivity index (χ3n) is 7.04. The highest BCUT2D eigenvalue weighted by Gasteiger charge is 2.50. The Labute approximate surface area is 198 Å². The zero-order valence-electron chi connectivity index (χ0n) is 18.7. The van der Waals surface area contributed by atoms with Gasteiger partial charge in [-0.05, 0) is 60.5 Å². The Kier molecular flexibility index (Phi) is 4.63. The molecule has 3 aromatic carbocycles. The minimum absolute atomic E-state index is 0.0530. The second-order valence-electron chi connectivity index (χ2n) is 8.98.